The molecule has 0 aliphatic carbocycles. The lowest BCUT2D eigenvalue weighted by molar-refractivity contribution is 0.0696. The van der Waals surface area contributed by atoms with Crippen LogP contribution in [0.3, 0.4) is 0 Å². The topological polar surface area (TPSA) is 107 Å². The summed E-state index contributed by atoms with van der Waals surface area (Å²) < 4.78 is 6.19. The van der Waals surface area contributed by atoms with Crippen molar-refractivity contribution < 1.29 is 19.7 Å². The summed E-state index contributed by atoms with van der Waals surface area (Å²) in [6, 6.07) is 7.84. The number of ether oxygens (including phenoxy) is 1. The fourth-order valence-corrected chi connectivity index (χ4v) is 2.27. The van der Waals surface area contributed by atoms with Crippen molar-refractivity contribution >= 4 is 18.2 Å². The van der Waals surface area contributed by atoms with Gasteiger partial charge in [-0.2, -0.15) is 5.10 Å². The Balaban J connectivity index is 2.20. The predicted molar refractivity (Wildman–Crippen MR) is 101 cm³/mol. The van der Waals surface area contributed by atoms with Crippen LogP contribution >= 0.6 is 12.2 Å². The summed E-state index contributed by atoms with van der Waals surface area (Å²) in [5.74, 6) is -0.612. The van der Waals surface area contributed by atoms with Crippen LogP contribution in [-0.4, -0.2) is 51.2 Å². The van der Waals surface area contributed by atoms with Gasteiger partial charge in [-0.25, -0.2) is 4.79 Å². The van der Waals surface area contributed by atoms with Crippen molar-refractivity contribution in [2.75, 3.05) is 13.2 Å². The molecule has 1 atom stereocenters. The quantitative estimate of drug-likeness (QED) is 0.549. The van der Waals surface area contributed by atoms with Gasteiger partial charge in [-0.3, -0.25) is 5.10 Å². The molecule has 0 amide bonds. The fourth-order valence-electron chi connectivity index (χ4n) is 2.15. The smallest absolute Gasteiger partial charge is 0.335 e. The van der Waals surface area contributed by atoms with E-state index < -0.39 is 12.1 Å². The molecular formula is C18H23N3O4S. The largest absolute Gasteiger partial charge is 0.490 e. The first-order chi connectivity index (χ1) is 12.2. The SMILES string of the molecule is CC(C)(C)NCC(O)COc1ccc(C(=O)O)cc1-c1ccc(=S)[nH]n1. The van der Waals surface area contributed by atoms with Gasteiger partial charge in [0.05, 0.1) is 11.3 Å². The maximum absolute atomic E-state index is 11.3. The lowest BCUT2D eigenvalue weighted by atomic mass is 10.1. The number of carbonyl (C=O) groups is 1. The fraction of sp³-hybridized carbons (Fsp3) is 0.389. The number of H-pyrrole nitrogens is 1. The molecule has 1 heterocycles. The van der Waals surface area contributed by atoms with Crippen LogP contribution in [0.15, 0.2) is 30.3 Å². The Kier molecular flexibility index (Phi) is 6.47. The summed E-state index contributed by atoms with van der Waals surface area (Å²) in [5.41, 5.74) is 1.01. The molecule has 0 fully saturated rings. The Morgan fingerprint density at radius 2 is 2.08 bits per heavy atom. The Morgan fingerprint density at radius 3 is 2.65 bits per heavy atom. The highest BCUT2D eigenvalue weighted by Gasteiger charge is 2.16. The first kappa shape index (κ1) is 20.0. The second-order valence-electron chi connectivity index (χ2n) is 6.92. The molecule has 0 saturated carbocycles. The van der Waals surface area contributed by atoms with E-state index >= 15 is 0 Å². The molecule has 26 heavy (non-hydrogen) atoms. The van der Waals surface area contributed by atoms with Crippen molar-refractivity contribution in [2.24, 2.45) is 0 Å². The highest BCUT2D eigenvalue weighted by Crippen LogP contribution is 2.29. The number of aliphatic hydroxyl groups excluding tert-OH is 1. The highest BCUT2D eigenvalue weighted by molar-refractivity contribution is 7.71. The zero-order valence-corrected chi connectivity index (χ0v) is 15.8. The molecule has 0 aliphatic rings. The van der Waals surface area contributed by atoms with Gasteiger partial charge in [-0.05, 0) is 51.1 Å². The van der Waals surface area contributed by atoms with Crippen LogP contribution in [0.4, 0.5) is 0 Å². The number of β-amino-alcohol motifs (C(OH)–C–C–N with tert-alkyl or cyclic N) is 1. The van der Waals surface area contributed by atoms with Crippen LogP contribution in [0, 0.1) is 4.64 Å². The maximum Gasteiger partial charge on any atom is 0.335 e. The molecular weight excluding hydrogens is 354 g/mol. The van der Waals surface area contributed by atoms with Crippen LogP contribution in [0.5, 0.6) is 5.75 Å². The zero-order valence-electron chi connectivity index (χ0n) is 14.9. The standard InChI is InChI=1S/C18H23N3O4S/c1-18(2,3)19-9-12(22)10-25-15-6-4-11(17(23)24)8-13(15)14-5-7-16(26)21-20-14/h4-8,12,19,22H,9-10H2,1-3H3,(H,21,26)(H,23,24). The number of aromatic amines is 1. The van der Waals surface area contributed by atoms with Crippen molar-refractivity contribution in [1.29, 1.82) is 0 Å². The minimum Gasteiger partial charge on any atom is -0.490 e. The first-order valence-corrected chi connectivity index (χ1v) is 8.56. The van der Waals surface area contributed by atoms with Crippen LogP contribution in [0.25, 0.3) is 11.3 Å². The number of carboxylic acids is 1. The van der Waals surface area contributed by atoms with Crippen LogP contribution in [-0.2, 0) is 0 Å². The summed E-state index contributed by atoms with van der Waals surface area (Å²) in [6.07, 6.45) is -0.712. The number of rotatable bonds is 7. The zero-order chi connectivity index (χ0) is 19.3. The molecule has 2 rings (SSSR count). The minimum absolute atomic E-state index is 0.0608. The van der Waals surface area contributed by atoms with Crippen molar-refractivity contribution in [3.05, 3.63) is 40.5 Å². The number of aromatic carboxylic acids is 1. The number of carboxylic acid groups (broad SMARTS) is 1. The monoisotopic (exact) mass is 377 g/mol. The number of nitrogens with one attached hydrogen (secondary N) is 2. The Morgan fingerprint density at radius 1 is 1.35 bits per heavy atom. The molecule has 0 bridgehead atoms. The van der Waals surface area contributed by atoms with E-state index in [1.165, 1.54) is 12.1 Å². The molecule has 0 spiro atoms. The van der Waals surface area contributed by atoms with Crippen LogP contribution in [0.1, 0.15) is 31.1 Å². The van der Waals surface area contributed by atoms with E-state index in [9.17, 15) is 15.0 Å². The third-order valence-corrected chi connectivity index (χ3v) is 3.71. The molecule has 7 nitrogen and oxygen atoms in total. The predicted octanol–water partition coefficient (Wildman–Crippen LogP) is 2.63. The molecule has 0 aliphatic heterocycles. The molecule has 1 aromatic carbocycles. The van der Waals surface area contributed by atoms with Crippen molar-refractivity contribution in [2.45, 2.75) is 32.4 Å². The molecule has 1 unspecified atom stereocenters. The van der Waals surface area contributed by atoms with Crippen LogP contribution < -0.4 is 10.1 Å². The summed E-state index contributed by atoms with van der Waals surface area (Å²) in [5, 5.41) is 29.3. The van der Waals surface area contributed by atoms with E-state index in [0.717, 1.165) is 0 Å². The minimum atomic E-state index is -1.05. The number of benzene rings is 1. The summed E-state index contributed by atoms with van der Waals surface area (Å²) in [6.45, 7) is 6.46. The normalized spacial score (nSPS) is 12.6. The molecule has 2 aromatic rings. The van der Waals surface area contributed by atoms with Crippen LogP contribution in [0.2, 0.25) is 0 Å². The number of hydrogen-bond acceptors (Lipinski definition) is 6. The third kappa shape index (κ3) is 5.91. The molecule has 8 heteroatoms. The third-order valence-electron chi connectivity index (χ3n) is 3.48. The van der Waals surface area contributed by atoms with E-state index in [1.54, 1.807) is 18.2 Å². The van der Waals surface area contributed by atoms with Gasteiger partial charge >= 0.3 is 5.97 Å². The van der Waals surface area contributed by atoms with Gasteiger partial charge in [0, 0.05) is 17.6 Å². The molecule has 140 valence electrons. The molecule has 0 radical (unpaired) electrons. The number of aliphatic hydroxyl groups is 1. The number of aromatic nitrogens is 2. The van der Waals surface area contributed by atoms with Gasteiger partial charge in [0.25, 0.3) is 0 Å². The van der Waals surface area contributed by atoms with E-state index in [2.05, 4.69) is 15.5 Å². The van der Waals surface area contributed by atoms with Crippen molar-refractivity contribution in [3.8, 4) is 17.0 Å². The van der Waals surface area contributed by atoms with E-state index in [0.29, 0.717) is 28.2 Å². The number of nitrogens with zero attached hydrogens (tertiary/aromatic N) is 1. The highest BCUT2D eigenvalue weighted by atomic mass is 32.1. The van der Waals surface area contributed by atoms with Crippen molar-refractivity contribution in [1.82, 2.24) is 15.5 Å². The lowest BCUT2D eigenvalue weighted by Gasteiger charge is -2.23. The van der Waals surface area contributed by atoms with Gasteiger partial charge < -0.3 is 20.3 Å². The van der Waals surface area contributed by atoms with Gasteiger partial charge in [0.15, 0.2) is 0 Å². The van der Waals surface area contributed by atoms with Gasteiger partial charge in [0.2, 0.25) is 0 Å². The Hall–Kier alpha value is -2.29. The van der Waals surface area contributed by atoms with Gasteiger partial charge in [-0.15, -0.1) is 0 Å². The summed E-state index contributed by atoms with van der Waals surface area (Å²) >= 11 is 4.98. The van der Waals surface area contributed by atoms with Crippen molar-refractivity contribution in [3.63, 3.8) is 0 Å². The number of hydrogen-bond donors (Lipinski definition) is 4. The maximum atomic E-state index is 11.3. The van der Waals surface area contributed by atoms with E-state index in [-0.39, 0.29) is 17.7 Å². The molecule has 4 N–H and O–H groups in total. The average molecular weight is 377 g/mol. The second-order valence-corrected chi connectivity index (χ2v) is 7.36. The summed E-state index contributed by atoms with van der Waals surface area (Å²) in [7, 11) is 0. The first-order valence-electron chi connectivity index (χ1n) is 8.15. The van der Waals surface area contributed by atoms with Gasteiger partial charge in [0.1, 0.15) is 23.1 Å². The lowest BCUT2D eigenvalue weighted by Crippen LogP contribution is -2.42. The molecule has 0 saturated heterocycles. The Bertz CT molecular complexity index is 809. The van der Waals surface area contributed by atoms with Gasteiger partial charge in [-0.1, -0.05) is 12.2 Å². The summed E-state index contributed by atoms with van der Waals surface area (Å²) in [4.78, 5) is 11.3. The second kappa shape index (κ2) is 8.39. The average Bonchev–Trinajstić information content (AvgIpc) is 2.58. The molecule has 1 aromatic heterocycles. The Labute approximate surface area is 157 Å². The van der Waals surface area contributed by atoms with E-state index in [1.807, 2.05) is 20.8 Å². The van der Waals surface area contributed by atoms with E-state index in [4.69, 9.17) is 17.0 Å².